The van der Waals surface area contributed by atoms with Crippen molar-refractivity contribution >= 4 is 16.5 Å². The molecule has 0 spiro atoms. The minimum absolute atomic E-state index is 0.395. The van der Waals surface area contributed by atoms with Gasteiger partial charge in [-0.3, -0.25) is 4.90 Å². The maximum atomic E-state index is 5.83. The summed E-state index contributed by atoms with van der Waals surface area (Å²) in [7, 11) is 0. The summed E-state index contributed by atoms with van der Waals surface area (Å²) in [5, 5.41) is 2.69. The Morgan fingerprint density at radius 1 is 1.50 bits per heavy atom. The lowest BCUT2D eigenvalue weighted by Crippen LogP contribution is -2.39. The van der Waals surface area contributed by atoms with Crippen LogP contribution in [0.5, 0.6) is 0 Å². The van der Waals surface area contributed by atoms with Crippen LogP contribution >= 0.6 is 11.3 Å². The topological polar surface area (TPSA) is 68.2 Å². The molecule has 5 heteroatoms. The molecule has 0 aromatic carbocycles. The van der Waals surface area contributed by atoms with E-state index in [0.29, 0.717) is 11.2 Å². The van der Waals surface area contributed by atoms with E-state index in [0.717, 1.165) is 38.2 Å². The molecule has 1 saturated heterocycles. The highest BCUT2D eigenvalue weighted by atomic mass is 32.1. The first kappa shape index (κ1) is 9.89. The number of hydrogen-bond donors (Lipinski definition) is 2. The monoisotopic (exact) mass is 212 g/mol. The number of nitrogens with zero attached hydrogens (tertiary/aromatic N) is 2. The van der Waals surface area contributed by atoms with Crippen LogP contribution in [0.1, 0.15) is 18.5 Å². The Labute approximate surface area is 87.9 Å². The summed E-state index contributed by atoms with van der Waals surface area (Å²) in [5.74, 6) is 0. The molecule has 1 aliphatic heterocycles. The van der Waals surface area contributed by atoms with Gasteiger partial charge in [0.1, 0.15) is 0 Å². The quantitative estimate of drug-likeness (QED) is 0.755. The van der Waals surface area contributed by atoms with Crippen molar-refractivity contribution in [2.45, 2.75) is 25.4 Å². The van der Waals surface area contributed by atoms with Crippen molar-refractivity contribution in [3.05, 3.63) is 11.1 Å². The zero-order valence-corrected chi connectivity index (χ0v) is 8.96. The van der Waals surface area contributed by atoms with Crippen LogP contribution in [0, 0.1) is 0 Å². The van der Waals surface area contributed by atoms with Crippen molar-refractivity contribution in [1.82, 2.24) is 9.88 Å². The van der Waals surface area contributed by atoms with Gasteiger partial charge in [0, 0.05) is 31.1 Å². The van der Waals surface area contributed by atoms with E-state index >= 15 is 0 Å². The van der Waals surface area contributed by atoms with Crippen LogP contribution in [0.4, 0.5) is 5.13 Å². The van der Waals surface area contributed by atoms with E-state index < -0.39 is 0 Å². The Kier molecular flexibility index (Phi) is 3.00. The third kappa shape index (κ3) is 2.43. The second kappa shape index (κ2) is 4.25. The van der Waals surface area contributed by atoms with Crippen LogP contribution in [-0.4, -0.2) is 29.0 Å². The van der Waals surface area contributed by atoms with Gasteiger partial charge in [-0.2, -0.15) is 0 Å². The number of piperidine rings is 1. The Balaban J connectivity index is 1.86. The minimum Gasteiger partial charge on any atom is -0.375 e. The van der Waals surface area contributed by atoms with E-state index in [9.17, 15) is 0 Å². The molecule has 1 aromatic rings. The van der Waals surface area contributed by atoms with Crippen molar-refractivity contribution in [3.63, 3.8) is 0 Å². The Bertz CT molecular complexity index is 291. The molecule has 78 valence electrons. The average molecular weight is 212 g/mol. The van der Waals surface area contributed by atoms with Crippen molar-refractivity contribution in [1.29, 1.82) is 0 Å². The fraction of sp³-hybridized carbons (Fsp3) is 0.667. The van der Waals surface area contributed by atoms with Gasteiger partial charge in [0.05, 0.1) is 5.69 Å². The first-order valence-electron chi connectivity index (χ1n) is 4.92. The minimum atomic E-state index is 0.395. The molecule has 1 aliphatic rings. The summed E-state index contributed by atoms with van der Waals surface area (Å²) in [5.41, 5.74) is 12.5. The molecule has 0 radical (unpaired) electrons. The fourth-order valence-electron chi connectivity index (χ4n) is 1.74. The average Bonchev–Trinajstić information content (AvgIpc) is 2.56. The highest BCUT2D eigenvalue weighted by Gasteiger charge is 2.16. The number of likely N-dealkylation sites (tertiary alicyclic amines) is 1. The SMILES string of the molecule is Nc1nc(CN2CCC(N)CC2)cs1. The molecule has 0 aliphatic carbocycles. The standard InChI is InChI=1S/C9H16N4S/c10-7-1-3-13(4-2-7)5-8-6-14-9(11)12-8/h6-7H,1-5,10H2,(H2,11,12). The normalized spacial score (nSPS) is 20.1. The third-order valence-corrected chi connectivity index (χ3v) is 3.31. The number of aromatic nitrogens is 1. The van der Waals surface area contributed by atoms with Crippen LogP contribution < -0.4 is 11.5 Å². The van der Waals surface area contributed by atoms with Gasteiger partial charge in [0.25, 0.3) is 0 Å². The second-order valence-electron chi connectivity index (χ2n) is 3.79. The van der Waals surface area contributed by atoms with E-state index in [2.05, 4.69) is 9.88 Å². The van der Waals surface area contributed by atoms with E-state index in [1.54, 1.807) is 0 Å². The van der Waals surface area contributed by atoms with Gasteiger partial charge in [-0.1, -0.05) is 0 Å². The Hall–Kier alpha value is -0.650. The van der Waals surface area contributed by atoms with Crippen molar-refractivity contribution < 1.29 is 0 Å². The van der Waals surface area contributed by atoms with Crippen LogP contribution in [0.15, 0.2) is 5.38 Å². The highest BCUT2D eigenvalue weighted by molar-refractivity contribution is 7.13. The molecule has 14 heavy (non-hydrogen) atoms. The van der Waals surface area contributed by atoms with Gasteiger partial charge in [0.2, 0.25) is 0 Å². The zero-order valence-electron chi connectivity index (χ0n) is 8.15. The number of nitrogen functional groups attached to an aromatic ring is 1. The first-order chi connectivity index (χ1) is 6.74. The maximum Gasteiger partial charge on any atom is 0.180 e. The van der Waals surface area contributed by atoms with Gasteiger partial charge in [-0.15, -0.1) is 11.3 Å². The van der Waals surface area contributed by atoms with Crippen LogP contribution in [-0.2, 0) is 6.54 Å². The number of rotatable bonds is 2. The summed E-state index contributed by atoms with van der Waals surface area (Å²) in [6, 6.07) is 0.395. The molecule has 4 N–H and O–H groups in total. The molecule has 0 atom stereocenters. The molecule has 2 rings (SSSR count). The third-order valence-electron chi connectivity index (χ3n) is 2.59. The van der Waals surface area contributed by atoms with Gasteiger partial charge in [-0.05, 0) is 12.8 Å². The van der Waals surface area contributed by atoms with Crippen LogP contribution in [0.2, 0.25) is 0 Å². The van der Waals surface area contributed by atoms with Crippen molar-refractivity contribution in [2.24, 2.45) is 5.73 Å². The fourth-order valence-corrected chi connectivity index (χ4v) is 2.29. The lowest BCUT2D eigenvalue weighted by Gasteiger charge is -2.29. The van der Waals surface area contributed by atoms with E-state index in [1.807, 2.05) is 5.38 Å². The molecular weight excluding hydrogens is 196 g/mol. The highest BCUT2D eigenvalue weighted by Crippen LogP contribution is 2.15. The molecule has 1 aromatic heterocycles. The summed E-state index contributed by atoms with van der Waals surface area (Å²) in [6.45, 7) is 3.08. The largest absolute Gasteiger partial charge is 0.375 e. The zero-order chi connectivity index (χ0) is 9.97. The lowest BCUT2D eigenvalue weighted by molar-refractivity contribution is 0.204. The molecule has 2 heterocycles. The predicted molar refractivity (Wildman–Crippen MR) is 59.0 cm³/mol. The number of hydrogen-bond acceptors (Lipinski definition) is 5. The maximum absolute atomic E-state index is 5.83. The smallest absolute Gasteiger partial charge is 0.180 e. The Morgan fingerprint density at radius 3 is 2.79 bits per heavy atom. The van der Waals surface area contributed by atoms with Gasteiger partial charge in [-0.25, -0.2) is 4.98 Å². The molecule has 0 bridgehead atoms. The molecule has 0 saturated carbocycles. The lowest BCUT2D eigenvalue weighted by atomic mass is 10.1. The summed E-state index contributed by atoms with van der Waals surface area (Å²) >= 11 is 1.51. The molecular formula is C9H16N4S. The predicted octanol–water partition coefficient (Wildman–Crippen LogP) is 0.648. The summed E-state index contributed by atoms with van der Waals surface area (Å²) in [6.07, 6.45) is 2.19. The van der Waals surface area contributed by atoms with Gasteiger partial charge >= 0.3 is 0 Å². The molecule has 4 nitrogen and oxygen atoms in total. The van der Waals surface area contributed by atoms with Crippen LogP contribution in [0.3, 0.4) is 0 Å². The summed E-state index contributed by atoms with van der Waals surface area (Å²) < 4.78 is 0. The van der Waals surface area contributed by atoms with E-state index in [-0.39, 0.29) is 0 Å². The van der Waals surface area contributed by atoms with Crippen molar-refractivity contribution in [3.8, 4) is 0 Å². The second-order valence-corrected chi connectivity index (χ2v) is 4.68. The van der Waals surface area contributed by atoms with E-state index in [1.165, 1.54) is 11.3 Å². The molecule has 1 fully saturated rings. The number of thiazole rings is 1. The van der Waals surface area contributed by atoms with Crippen LogP contribution in [0.25, 0.3) is 0 Å². The molecule has 0 unspecified atom stereocenters. The van der Waals surface area contributed by atoms with Gasteiger partial charge in [0.15, 0.2) is 5.13 Å². The first-order valence-corrected chi connectivity index (χ1v) is 5.80. The summed E-state index contributed by atoms with van der Waals surface area (Å²) in [4.78, 5) is 6.63. The Morgan fingerprint density at radius 2 is 2.21 bits per heavy atom. The van der Waals surface area contributed by atoms with Crippen molar-refractivity contribution in [2.75, 3.05) is 18.8 Å². The van der Waals surface area contributed by atoms with Gasteiger partial charge < -0.3 is 11.5 Å². The molecule has 0 amide bonds. The number of anilines is 1. The van der Waals surface area contributed by atoms with E-state index in [4.69, 9.17) is 11.5 Å². The number of nitrogens with two attached hydrogens (primary N) is 2.